The van der Waals surface area contributed by atoms with Gasteiger partial charge < -0.3 is 20.4 Å². The molecule has 0 aliphatic heterocycles. The molecule has 2 unspecified atom stereocenters. The standard InChI is InChI=1S/C22H33FO7S/c23-15-6-5-7-17(12-15)31(29,30)14-16(24)10-11-19-18(20(25)13-21(19)26)8-3-1-2-4-9-22(27)28/h5-7,12,16,18-21,24-26H,1-4,8-11,13-14H2,(H,27,28)/t16?,18?,19-,20+,21-/m1/s1. The average Bonchev–Trinajstić information content (AvgIpc) is 2.95. The van der Waals surface area contributed by atoms with E-state index in [1.54, 1.807) is 0 Å². The summed E-state index contributed by atoms with van der Waals surface area (Å²) < 4.78 is 38.1. The summed E-state index contributed by atoms with van der Waals surface area (Å²) in [5.74, 6) is -2.38. The monoisotopic (exact) mass is 460 g/mol. The second-order valence-electron chi connectivity index (χ2n) is 8.51. The van der Waals surface area contributed by atoms with Gasteiger partial charge in [0.1, 0.15) is 5.82 Å². The topological polar surface area (TPSA) is 132 Å². The number of hydrogen-bond acceptors (Lipinski definition) is 6. The summed E-state index contributed by atoms with van der Waals surface area (Å²) in [5.41, 5.74) is 0. The maximum absolute atomic E-state index is 13.3. The number of sulfone groups is 1. The van der Waals surface area contributed by atoms with Crippen LogP contribution < -0.4 is 0 Å². The molecule has 7 nitrogen and oxygen atoms in total. The van der Waals surface area contributed by atoms with Gasteiger partial charge in [0.15, 0.2) is 9.84 Å². The third-order valence-electron chi connectivity index (χ3n) is 6.10. The Morgan fingerprint density at radius 1 is 1.06 bits per heavy atom. The van der Waals surface area contributed by atoms with Gasteiger partial charge in [0, 0.05) is 6.42 Å². The lowest BCUT2D eigenvalue weighted by atomic mass is 9.85. The van der Waals surface area contributed by atoms with Crippen LogP contribution >= 0.6 is 0 Å². The molecule has 9 heteroatoms. The van der Waals surface area contributed by atoms with Gasteiger partial charge in [-0.05, 0) is 62.1 Å². The second kappa shape index (κ2) is 11.9. The lowest BCUT2D eigenvalue weighted by Crippen LogP contribution is -2.26. The fourth-order valence-corrected chi connectivity index (χ4v) is 5.91. The van der Waals surface area contributed by atoms with Gasteiger partial charge in [-0.15, -0.1) is 0 Å². The largest absolute Gasteiger partial charge is 0.481 e. The first-order valence-corrected chi connectivity index (χ1v) is 12.5. The number of unbranched alkanes of at least 4 members (excludes halogenated alkanes) is 3. The predicted molar refractivity (Wildman–Crippen MR) is 113 cm³/mol. The van der Waals surface area contributed by atoms with Crippen LogP contribution in [-0.4, -0.2) is 58.9 Å². The molecular formula is C22H33FO7S. The Balaban J connectivity index is 1.83. The van der Waals surface area contributed by atoms with Crippen LogP contribution in [0.25, 0.3) is 0 Å². The number of rotatable bonds is 13. The summed E-state index contributed by atoms with van der Waals surface area (Å²) in [6.07, 6.45) is 2.15. The molecule has 5 atom stereocenters. The summed E-state index contributed by atoms with van der Waals surface area (Å²) in [4.78, 5) is 10.4. The third-order valence-corrected chi connectivity index (χ3v) is 7.90. The van der Waals surface area contributed by atoms with E-state index in [9.17, 15) is 32.9 Å². The minimum atomic E-state index is -3.84. The van der Waals surface area contributed by atoms with E-state index >= 15 is 0 Å². The van der Waals surface area contributed by atoms with Crippen molar-refractivity contribution >= 4 is 15.8 Å². The van der Waals surface area contributed by atoms with Crippen LogP contribution in [0.1, 0.15) is 57.8 Å². The van der Waals surface area contributed by atoms with Gasteiger partial charge in [0.2, 0.25) is 0 Å². The number of aliphatic hydroxyl groups is 3. The van der Waals surface area contributed by atoms with Crippen LogP contribution in [0.4, 0.5) is 4.39 Å². The number of carboxylic acid groups (broad SMARTS) is 1. The van der Waals surface area contributed by atoms with Crippen molar-refractivity contribution in [1.29, 1.82) is 0 Å². The highest BCUT2D eigenvalue weighted by Gasteiger charge is 2.41. The lowest BCUT2D eigenvalue weighted by Gasteiger charge is -2.24. The quantitative estimate of drug-likeness (QED) is 0.333. The highest BCUT2D eigenvalue weighted by molar-refractivity contribution is 7.91. The van der Waals surface area contributed by atoms with E-state index in [1.807, 2.05) is 0 Å². The fourth-order valence-electron chi connectivity index (χ4n) is 4.47. The summed E-state index contributed by atoms with van der Waals surface area (Å²) >= 11 is 0. The first-order valence-electron chi connectivity index (χ1n) is 10.8. The van der Waals surface area contributed by atoms with Crippen LogP contribution in [0.3, 0.4) is 0 Å². The predicted octanol–water partition coefficient (Wildman–Crippen LogP) is 2.52. The molecule has 1 saturated carbocycles. The highest BCUT2D eigenvalue weighted by atomic mass is 32.2. The molecule has 1 aromatic carbocycles. The lowest BCUT2D eigenvalue weighted by molar-refractivity contribution is -0.137. The molecule has 1 aliphatic carbocycles. The third kappa shape index (κ3) is 8.14. The SMILES string of the molecule is O=C(O)CCCCCCC1[C@@H](CCC(O)CS(=O)(=O)c2cccc(F)c2)[C@H](O)C[C@@H]1O. The highest BCUT2D eigenvalue weighted by Crippen LogP contribution is 2.39. The van der Waals surface area contributed by atoms with Crippen LogP contribution in [0.15, 0.2) is 29.2 Å². The fraction of sp³-hybridized carbons (Fsp3) is 0.682. The number of benzene rings is 1. The van der Waals surface area contributed by atoms with Crippen LogP contribution in [-0.2, 0) is 14.6 Å². The molecule has 0 spiro atoms. The van der Waals surface area contributed by atoms with Crippen molar-refractivity contribution in [3.05, 3.63) is 30.1 Å². The van der Waals surface area contributed by atoms with Gasteiger partial charge in [0.25, 0.3) is 0 Å². The van der Waals surface area contributed by atoms with Gasteiger partial charge in [-0.2, -0.15) is 0 Å². The van der Waals surface area contributed by atoms with Crippen molar-refractivity contribution in [1.82, 2.24) is 0 Å². The minimum absolute atomic E-state index is 0.137. The molecule has 31 heavy (non-hydrogen) atoms. The number of halogens is 1. The Morgan fingerprint density at radius 3 is 2.35 bits per heavy atom. The molecule has 0 amide bonds. The first kappa shape index (κ1) is 25.7. The molecule has 1 aliphatic rings. The van der Waals surface area contributed by atoms with E-state index in [1.165, 1.54) is 12.1 Å². The number of hydrogen-bond donors (Lipinski definition) is 4. The van der Waals surface area contributed by atoms with Crippen molar-refractivity contribution in [3.63, 3.8) is 0 Å². The summed E-state index contributed by atoms with van der Waals surface area (Å²) in [6, 6.07) is 4.66. The van der Waals surface area contributed by atoms with Crippen molar-refractivity contribution < 1.29 is 38.0 Å². The zero-order valence-electron chi connectivity index (χ0n) is 17.6. The maximum Gasteiger partial charge on any atom is 0.303 e. The first-order chi connectivity index (χ1) is 14.6. The van der Waals surface area contributed by atoms with Gasteiger partial charge in [-0.1, -0.05) is 25.3 Å². The molecule has 0 radical (unpaired) electrons. The Morgan fingerprint density at radius 2 is 1.71 bits per heavy atom. The molecule has 0 aromatic heterocycles. The molecule has 1 aromatic rings. The van der Waals surface area contributed by atoms with Crippen molar-refractivity contribution in [3.8, 4) is 0 Å². The van der Waals surface area contributed by atoms with Crippen molar-refractivity contribution in [2.45, 2.75) is 81.0 Å². The average molecular weight is 461 g/mol. The Labute approximate surface area is 182 Å². The van der Waals surface area contributed by atoms with E-state index in [4.69, 9.17) is 5.11 Å². The van der Waals surface area contributed by atoms with Crippen LogP contribution in [0.5, 0.6) is 0 Å². The normalized spacial score (nSPS) is 24.9. The number of carbonyl (C=O) groups is 1. The molecule has 0 bridgehead atoms. The van der Waals surface area contributed by atoms with Gasteiger partial charge in [-0.25, -0.2) is 12.8 Å². The second-order valence-corrected chi connectivity index (χ2v) is 10.5. The Hall–Kier alpha value is -1.55. The van der Waals surface area contributed by atoms with Crippen molar-refractivity contribution in [2.24, 2.45) is 11.8 Å². The van der Waals surface area contributed by atoms with E-state index in [0.717, 1.165) is 31.4 Å². The van der Waals surface area contributed by atoms with E-state index in [2.05, 4.69) is 0 Å². The summed E-state index contributed by atoms with van der Waals surface area (Å²) in [6.45, 7) is 0. The molecule has 0 heterocycles. The van der Waals surface area contributed by atoms with Crippen molar-refractivity contribution in [2.75, 3.05) is 5.75 Å². The minimum Gasteiger partial charge on any atom is -0.481 e. The molecule has 1 fully saturated rings. The zero-order chi connectivity index (χ0) is 23.0. The molecule has 4 N–H and O–H groups in total. The molecule has 2 rings (SSSR count). The zero-order valence-corrected chi connectivity index (χ0v) is 18.4. The van der Waals surface area contributed by atoms with Gasteiger partial charge in [0.05, 0.1) is 29.0 Å². The smallest absolute Gasteiger partial charge is 0.303 e. The van der Waals surface area contributed by atoms with Crippen LogP contribution in [0, 0.1) is 17.7 Å². The summed E-state index contributed by atoms with van der Waals surface area (Å²) in [7, 11) is -3.84. The van der Waals surface area contributed by atoms with E-state index in [-0.39, 0.29) is 36.0 Å². The number of aliphatic hydroxyl groups excluding tert-OH is 3. The molecule has 0 saturated heterocycles. The van der Waals surface area contributed by atoms with Crippen LogP contribution in [0.2, 0.25) is 0 Å². The molecular weight excluding hydrogens is 427 g/mol. The van der Waals surface area contributed by atoms with E-state index < -0.39 is 45.7 Å². The maximum atomic E-state index is 13.3. The number of aliphatic carboxylic acids is 1. The van der Waals surface area contributed by atoms with Gasteiger partial charge in [-0.3, -0.25) is 4.79 Å². The van der Waals surface area contributed by atoms with Gasteiger partial charge >= 0.3 is 5.97 Å². The summed E-state index contributed by atoms with van der Waals surface area (Å²) in [5, 5.41) is 39.5. The van der Waals surface area contributed by atoms with E-state index in [0.29, 0.717) is 19.3 Å². The number of carboxylic acids is 1. The Bertz CT molecular complexity index is 814. The Kier molecular flexibility index (Phi) is 9.87. The molecule has 176 valence electrons.